The molecule has 0 bridgehead atoms. The van der Waals surface area contributed by atoms with Crippen LogP contribution in [-0.2, 0) is 11.3 Å². The molecule has 2 aliphatic rings. The van der Waals surface area contributed by atoms with E-state index in [9.17, 15) is 0 Å². The average molecular weight is 239 g/mol. The monoisotopic (exact) mass is 239 g/mol. The van der Waals surface area contributed by atoms with E-state index >= 15 is 0 Å². The van der Waals surface area contributed by atoms with E-state index < -0.39 is 0 Å². The number of hydrogen-bond donors (Lipinski definition) is 1. The summed E-state index contributed by atoms with van der Waals surface area (Å²) in [4.78, 5) is 0. The molecular weight excluding hydrogens is 222 g/mol. The van der Waals surface area contributed by atoms with E-state index in [2.05, 4.69) is 15.5 Å². The number of nitrogens with zero attached hydrogens (tertiary/aromatic N) is 2. The molecular formula is C11H17N3OS. The van der Waals surface area contributed by atoms with Crippen molar-refractivity contribution < 1.29 is 4.74 Å². The number of hydrogen-bond acceptors (Lipinski definition) is 5. The second-order valence-electron chi connectivity index (χ2n) is 4.60. The van der Waals surface area contributed by atoms with Crippen LogP contribution in [0, 0.1) is 0 Å². The lowest BCUT2D eigenvalue weighted by atomic mass is 10.0. The van der Waals surface area contributed by atoms with Crippen LogP contribution in [0.4, 0.5) is 0 Å². The summed E-state index contributed by atoms with van der Waals surface area (Å²) in [6, 6.07) is 0.741. The quantitative estimate of drug-likeness (QED) is 0.868. The molecule has 4 nitrogen and oxygen atoms in total. The molecule has 88 valence electrons. The fourth-order valence-corrected chi connectivity index (χ4v) is 2.87. The van der Waals surface area contributed by atoms with Crippen LogP contribution in [0.25, 0.3) is 0 Å². The van der Waals surface area contributed by atoms with Crippen molar-refractivity contribution >= 4 is 11.3 Å². The molecule has 0 aromatic carbocycles. The van der Waals surface area contributed by atoms with Crippen molar-refractivity contribution in [2.45, 2.75) is 44.2 Å². The highest BCUT2D eigenvalue weighted by molar-refractivity contribution is 7.11. The molecule has 1 aromatic rings. The molecule has 0 spiro atoms. The largest absolute Gasteiger partial charge is 0.381 e. The SMILES string of the molecule is C1COCC(c2nnc(CNC3CC3)s2)C1. The maximum atomic E-state index is 5.48. The van der Waals surface area contributed by atoms with Gasteiger partial charge in [-0.05, 0) is 25.7 Å². The van der Waals surface area contributed by atoms with E-state index in [0.29, 0.717) is 5.92 Å². The predicted molar refractivity (Wildman–Crippen MR) is 62.6 cm³/mol. The first-order valence-corrected chi connectivity index (χ1v) is 6.87. The third kappa shape index (κ3) is 2.59. The van der Waals surface area contributed by atoms with Gasteiger partial charge in [-0.3, -0.25) is 0 Å². The Kier molecular flexibility index (Phi) is 3.17. The number of ether oxygens (including phenoxy) is 1. The van der Waals surface area contributed by atoms with E-state index in [1.165, 1.54) is 19.3 Å². The molecule has 1 atom stereocenters. The van der Waals surface area contributed by atoms with Crippen molar-refractivity contribution in [2.75, 3.05) is 13.2 Å². The minimum Gasteiger partial charge on any atom is -0.381 e. The van der Waals surface area contributed by atoms with Crippen LogP contribution in [0.5, 0.6) is 0 Å². The van der Waals surface area contributed by atoms with Crippen LogP contribution in [0.15, 0.2) is 0 Å². The van der Waals surface area contributed by atoms with Gasteiger partial charge in [-0.25, -0.2) is 0 Å². The van der Waals surface area contributed by atoms with Gasteiger partial charge in [-0.15, -0.1) is 10.2 Å². The fraction of sp³-hybridized carbons (Fsp3) is 0.818. The first-order chi connectivity index (χ1) is 7.92. The first-order valence-electron chi connectivity index (χ1n) is 6.05. The molecule has 1 saturated heterocycles. The summed E-state index contributed by atoms with van der Waals surface area (Å²) in [5.74, 6) is 0.487. The predicted octanol–water partition coefficient (Wildman–Crippen LogP) is 1.68. The van der Waals surface area contributed by atoms with Crippen molar-refractivity contribution in [3.05, 3.63) is 10.0 Å². The van der Waals surface area contributed by atoms with Gasteiger partial charge in [-0.1, -0.05) is 11.3 Å². The lowest BCUT2D eigenvalue weighted by molar-refractivity contribution is 0.0802. The van der Waals surface area contributed by atoms with E-state index in [0.717, 1.165) is 42.2 Å². The zero-order valence-electron chi connectivity index (χ0n) is 9.32. The lowest BCUT2D eigenvalue weighted by Crippen LogP contribution is -2.15. The van der Waals surface area contributed by atoms with Gasteiger partial charge in [0.15, 0.2) is 0 Å². The molecule has 16 heavy (non-hydrogen) atoms. The van der Waals surface area contributed by atoms with Gasteiger partial charge >= 0.3 is 0 Å². The van der Waals surface area contributed by atoms with Gasteiger partial charge in [0.25, 0.3) is 0 Å². The summed E-state index contributed by atoms with van der Waals surface area (Å²) in [7, 11) is 0. The first kappa shape index (κ1) is 10.6. The molecule has 1 aromatic heterocycles. The number of rotatable bonds is 4. The number of aromatic nitrogens is 2. The Bertz CT molecular complexity index is 345. The minimum absolute atomic E-state index is 0.487. The van der Waals surface area contributed by atoms with Crippen molar-refractivity contribution in [3.63, 3.8) is 0 Å². The molecule has 5 heteroatoms. The summed E-state index contributed by atoms with van der Waals surface area (Å²) in [5, 5.41) is 14.3. The van der Waals surface area contributed by atoms with Crippen LogP contribution >= 0.6 is 11.3 Å². The lowest BCUT2D eigenvalue weighted by Gasteiger charge is -2.19. The van der Waals surface area contributed by atoms with E-state index in [4.69, 9.17) is 4.74 Å². The van der Waals surface area contributed by atoms with Crippen LogP contribution < -0.4 is 5.32 Å². The molecule has 1 N–H and O–H groups in total. The van der Waals surface area contributed by atoms with Crippen LogP contribution in [0.2, 0.25) is 0 Å². The van der Waals surface area contributed by atoms with Gasteiger partial charge < -0.3 is 10.1 Å². The Morgan fingerprint density at radius 1 is 1.31 bits per heavy atom. The second-order valence-corrected chi connectivity index (χ2v) is 5.70. The average Bonchev–Trinajstić information content (AvgIpc) is 3.05. The molecule has 2 fully saturated rings. The Balaban J connectivity index is 1.57. The van der Waals surface area contributed by atoms with Crippen molar-refractivity contribution in [2.24, 2.45) is 0 Å². The van der Waals surface area contributed by atoms with Crippen molar-refractivity contribution in [1.29, 1.82) is 0 Å². The van der Waals surface area contributed by atoms with Crippen molar-refractivity contribution in [1.82, 2.24) is 15.5 Å². The molecule has 1 aliphatic heterocycles. The summed E-state index contributed by atoms with van der Waals surface area (Å²) >= 11 is 1.74. The highest BCUT2D eigenvalue weighted by atomic mass is 32.1. The number of nitrogens with one attached hydrogen (secondary N) is 1. The molecule has 3 rings (SSSR count). The van der Waals surface area contributed by atoms with Gasteiger partial charge in [0.2, 0.25) is 0 Å². The van der Waals surface area contributed by atoms with Crippen molar-refractivity contribution in [3.8, 4) is 0 Å². The zero-order valence-corrected chi connectivity index (χ0v) is 10.1. The molecule has 1 unspecified atom stereocenters. The van der Waals surface area contributed by atoms with Gasteiger partial charge in [-0.2, -0.15) is 0 Å². The zero-order chi connectivity index (χ0) is 10.8. The summed E-state index contributed by atoms with van der Waals surface area (Å²) in [6.45, 7) is 2.62. The molecule has 0 amide bonds. The summed E-state index contributed by atoms with van der Waals surface area (Å²) < 4.78 is 5.48. The van der Waals surface area contributed by atoms with E-state index in [1.807, 2.05) is 0 Å². The van der Waals surface area contributed by atoms with Gasteiger partial charge in [0.05, 0.1) is 6.61 Å². The normalized spacial score (nSPS) is 25.9. The highest BCUT2D eigenvalue weighted by Crippen LogP contribution is 2.28. The molecule has 1 saturated carbocycles. The van der Waals surface area contributed by atoms with E-state index in [1.54, 1.807) is 11.3 Å². The molecule has 1 aliphatic carbocycles. The molecule has 0 radical (unpaired) electrons. The summed E-state index contributed by atoms with van der Waals surface area (Å²) in [5.41, 5.74) is 0. The second kappa shape index (κ2) is 4.77. The maximum absolute atomic E-state index is 5.48. The minimum atomic E-state index is 0.487. The van der Waals surface area contributed by atoms with Crippen LogP contribution in [-0.4, -0.2) is 29.5 Å². The summed E-state index contributed by atoms with van der Waals surface area (Å²) in [6.07, 6.45) is 4.99. The van der Waals surface area contributed by atoms with E-state index in [-0.39, 0.29) is 0 Å². The topological polar surface area (TPSA) is 47.0 Å². The van der Waals surface area contributed by atoms with Gasteiger partial charge in [0, 0.05) is 25.1 Å². The Morgan fingerprint density at radius 3 is 3.00 bits per heavy atom. The third-order valence-electron chi connectivity index (χ3n) is 3.11. The van der Waals surface area contributed by atoms with Crippen LogP contribution in [0.1, 0.15) is 41.6 Å². The smallest absolute Gasteiger partial charge is 0.131 e. The highest BCUT2D eigenvalue weighted by Gasteiger charge is 2.22. The van der Waals surface area contributed by atoms with Gasteiger partial charge in [0.1, 0.15) is 10.0 Å². The fourth-order valence-electron chi connectivity index (χ4n) is 1.96. The Morgan fingerprint density at radius 2 is 2.25 bits per heavy atom. The maximum Gasteiger partial charge on any atom is 0.131 e. The van der Waals surface area contributed by atoms with Crippen LogP contribution in [0.3, 0.4) is 0 Å². The Hall–Kier alpha value is -0.520. The Labute approximate surface area is 99.4 Å². The standard InChI is InChI=1S/C11H17N3OS/c1-2-8(7-15-5-1)11-14-13-10(16-11)6-12-9-3-4-9/h8-9,12H,1-7H2. The molecule has 2 heterocycles. The third-order valence-corrected chi connectivity index (χ3v) is 4.20.